The highest BCUT2D eigenvalue weighted by atomic mass is 16.5. The largest absolute Gasteiger partial charge is 0.383 e. The summed E-state index contributed by atoms with van der Waals surface area (Å²) in [4.78, 5) is 11.9. The predicted octanol–water partition coefficient (Wildman–Crippen LogP) is 1.49. The van der Waals surface area contributed by atoms with E-state index in [1.165, 1.54) is 24.8 Å². The lowest BCUT2D eigenvalue weighted by Crippen LogP contribution is -2.49. The van der Waals surface area contributed by atoms with Crippen molar-refractivity contribution in [1.82, 2.24) is 5.32 Å². The second kappa shape index (κ2) is 6.86. The first-order chi connectivity index (χ1) is 9.65. The number of nitrogens with two attached hydrogens (primary N) is 1. The zero-order valence-electron chi connectivity index (χ0n) is 12.1. The minimum atomic E-state index is -0.575. The minimum Gasteiger partial charge on any atom is -0.383 e. The van der Waals surface area contributed by atoms with Gasteiger partial charge in [0, 0.05) is 13.7 Å². The average molecular weight is 276 g/mol. The molecule has 4 nitrogen and oxygen atoms in total. The summed E-state index contributed by atoms with van der Waals surface area (Å²) in [5, 5.41) is 2.99. The van der Waals surface area contributed by atoms with E-state index in [-0.39, 0.29) is 17.9 Å². The summed E-state index contributed by atoms with van der Waals surface area (Å²) < 4.78 is 4.91. The first kappa shape index (κ1) is 15.0. The lowest BCUT2D eigenvalue weighted by atomic mass is 9.65. The van der Waals surface area contributed by atoms with Crippen LogP contribution in [0.3, 0.4) is 0 Å². The average Bonchev–Trinajstić information content (AvgIpc) is 2.42. The Kier molecular flexibility index (Phi) is 5.15. The van der Waals surface area contributed by atoms with Crippen molar-refractivity contribution in [3.05, 3.63) is 35.9 Å². The minimum absolute atomic E-state index is 0.119. The van der Waals surface area contributed by atoms with Gasteiger partial charge in [-0.2, -0.15) is 0 Å². The molecule has 0 spiro atoms. The molecule has 1 amide bonds. The fraction of sp³-hybridized carbons (Fsp3) is 0.562. The maximum Gasteiger partial charge on any atom is 0.239 e. The van der Waals surface area contributed by atoms with Crippen LogP contribution in [-0.4, -0.2) is 32.2 Å². The van der Waals surface area contributed by atoms with Gasteiger partial charge in [-0.3, -0.25) is 4.79 Å². The van der Waals surface area contributed by atoms with Gasteiger partial charge in [0.05, 0.1) is 6.61 Å². The highest BCUT2D eigenvalue weighted by Gasteiger charge is 2.37. The number of rotatable bonds is 7. The maximum atomic E-state index is 11.9. The van der Waals surface area contributed by atoms with E-state index in [2.05, 4.69) is 29.6 Å². The molecular weight excluding hydrogens is 252 g/mol. The lowest BCUT2D eigenvalue weighted by Gasteiger charge is -2.42. The number of benzene rings is 1. The van der Waals surface area contributed by atoms with E-state index < -0.39 is 6.04 Å². The number of ether oxygens (including phenoxy) is 1. The molecule has 2 rings (SSSR count). The van der Waals surface area contributed by atoms with Gasteiger partial charge in [-0.15, -0.1) is 0 Å². The number of hydrogen-bond acceptors (Lipinski definition) is 3. The Morgan fingerprint density at radius 3 is 2.65 bits per heavy atom. The molecule has 0 bridgehead atoms. The monoisotopic (exact) mass is 276 g/mol. The Bertz CT molecular complexity index is 429. The van der Waals surface area contributed by atoms with Crippen LogP contribution in [0, 0.1) is 5.41 Å². The van der Waals surface area contributed by atoms with Crippen LogP contribution in [-0.2, 0) is 16.0 Å². The third-order valence-corrected chi connectivity index (χ3v) is 4.16. The summed E-state index contributed by atoms with van der Waals surface area (Å²) in [6, 6.07) is 9.89. The van der Waals surface area contributed by atoms with E-state index in [4.69, 9.17) is 10.5 Å². The Labute approximate surface area is 120 Å². The van der Waals surface area contributed by atoms with Crippen molar-refractivity contribution in [2.24, 2.45) is 11.1 Å². The number of nitrogens with one attached hydrogen (secondary N) is 1. The molecule has 4 heteroatoms. The summed E-state index contributed by atoms with van der Waals surface area (Å²) in [6.45, 7) is 0.968. The van der Waals surface area contributed by atoms with Gasteiger partial charge < -0.3 is 15.8 Å². The van der Waals surface area contributed by atoms with E-state index in [0.29, 0.717) is 6.54 Å². The third-order valence-electron chi connectivity index (χ3n) is 4.16. The summed E-state index contributed by atoms with van der Waals surface area (Å²) in [5.41, 5.74) is 7.28. The topological polar surface area (TPSA) is 64.3 Å². The zero-order valence-corrected chi connectivity index (χ0v) is 12.1. The Hall–Kier alpha value is -1.39. The molecule has 1 unspecified atom stereocenters. The molecule has 1 fully saturated rings. The van der Waals surface area contributed by atoms with Crippen LogP contribution in [0.4, 0.5) is 0 Å². The molecule has 110 valence electrons. The number of amides is 1. The van der Waals surface area contributed by atoms with Crippen molar-refractivity contribution in [2.45, 2.75) is 31.7 Å². The van der Waals surface area contributed by atoms with Crippen LogP contribution in [0.25, 0.3) is 0 Å². The molecule has 1 aliphatic rings. The second-order valence-corrected chi connectivity index (χ2v) is 5.80. The van der Waals surface area contributed by atoms with Crippen LogP contribution in [0.1, 0.15) is 24.8 Å². The quantitative estimate of drug-likeness (QED) is 0.793. The predicted molar refractivity (Wildman–Crippen MR) is 79.3 cm³/mol. The van der Waals surface area contributed by atoms with Crippen LogP contribution in [0.15, 0.2) is 30.3 Å². The normalized spacial score (nSPS) is 18.1. The molecule has 0 saturated heterocycles. The van der Waals surface area contributed by atoms with Crippen LogP contribution < -0.4 is 11.1 Å². The van der Waals surface area contributed by atoms with Gasteiger partial charge in [0.2, 0.25) is 5.91 Å². The summed E-state index contributed by atoms with van der Waals surface area (Å²) >= 11 is 0. The number of hydrogen-bond donors (Lipinski definition) is 2. The van der Waals surface area contributed by atoms with Gasteiger partial charge in [-0.05, 0) is 30.2 Å². The van der Waals surface area contributed by atoms with Crippen LogP contribution in [0.2, 0.25) is 0 Å². The molecule has 0 aliphatic heterocycles. The molecule has 1 atom stereocenters. The zero-order chi connectivity index (χ0) is 14.4. The van der Waals surface area contributed by atoms with E-state index in [0.717, 1.165) is 6.42 Å². The molecule has 1 aliphatic carbocycles. The maximum absolute atomic E-state index is 11.9. The molecular formula is C16H24N2O2. The molecule has 1 saturated carbocycles. The van der Waals surface area contributed by atoms with E-state index in [9.17, 15) is 4.79 Å². The van der Waals surface area contributed by atoms with Gasteiger partial charge in [0.1, 0.15) is 6.04 Å². The summed E-state index contributed by atoms with van der Waals surface area (Å²) in [7, 11) is 1.55. The third kappa shape index (κ3) is 3.81. The summed E-state index contributed by atoms with van der Waals surface area (Å²) in [6.07, 6.45) is 4.60. The van der Waals surface area contributed by atoms with Gasteiger partial charge >= 0.3 is 0 Å². The van der Waals surface area contributed by atoms with Gasteiger partial charge in [-0.25, -0.2) is 0 Å². The number of methoxy groups -OCH3 is 1. The fourth-order valence-electron chi connectivity index (χ4n) is 2.78. The van der Waals surface area contributed by atoms with E-state index >= 15 is 0 Å². The Morgan fingerprint density at radius 2 is 2.10 bits per heavy atom. The Balaban J connectivity index is 1.87. The highest BCUT2D eigenvalue weighted by Crippen LogP contribution is 2.43. The molecule has 1 aromatic rings. The van der Waals surface area contributed by atoms with Crippen molar-refractivity contribution in [3.8, 4) is 0 Å². The van der Waals surface area contributed by atoms with Crippen LogP contribution in [0.5, 0.6) is 0 Å². The van der Waals surface area contributed by atoms with Crippen molar-refractivity contribution in [1.29, 1.82) is 0 Å². The van der Waals surface area contributed by atoms with E-state index in [1.54, 1.807) is 7.11 Å². The fourth-order valence-corrected chi connectivity index (χ4v) is 2.78. The number of carbonyl (C=O) groups excluding carboxylic acids is 1. The molecule has 1 aromatic carbocycles. The van der Waals surface area contributed by atoms with Crippen molar-refractivity contribution in [3.63, 3.8) is 0 Å². The smallest absolute Gasteiger partial charge is 0.239 e. The van der Waals surface area contributed by atoms with Crippen LogP contribution >= 0.6 is 0 Å². The van der Waals surface area contributed by atoms with Gasteiger partial charge in [0.25, 0.3) is 0 Å². The molecule has 0 heterocycles. The molecule has 0 aromatic heterocycles. The van der Waals surface area contributed by atoms with Gasteiger partial charge in [0.15, 0.2) is 0 Å². The first-order valence-electron chi connectivity index (χ1n) is 7.21. The second-order valence-electron chi connectivity index (χ2n) is 5.80. The summed E-state index contributed by atoms with van der Waals surface area (Å²) in [5.74, 6) is -0.119. The van der Waals surface area contributed by atoms with Crippen molar-refractivity contribution >= 4 is 5.91 Å². The molecule has 3 N–H and O–H groups in total. The molecule has 20 heavy (non-hydrogen) atoms. The lowest BCUT2D eigenvalue weighted by molar-refractivity contribution is -0.124. The van der Waals surface area contributed by atoms with E-state index in [1.807, 2.05) is 6.07 Å². The SMILES string of the molecule is COCC(N)C(=O)NCC1(Cc2ccccc2)CCC1. The highest BCUT2D eigenvalue weighted by molar-refractivity contribution is 5.81. The first-order valence-corrected chi connectivity index (χ1v) is 7.21. The number of carbonyl (C=O) groups is 1. The standard InChI is InChI=1S/C16H24N2O2/c1-20-11-14(17)15(19)18-12-16(8-5-9-16)10-13-6-3-2-4-7-13/h2-4,6-7,14H,5,8-12,17H2,1H3,(H,18,19). The van der Waals surface area contributed by atoms with Crippen molar-refractivity contribution < 1.29 is 9.53 Å². The van der Waals surface area contributed by atoms with Gasteiger partial charge in [-0.1, -0.05) is 36.8 Å². The van der Waals surface area contributed by atoms with Crippen molar-refractivity contribution in [2.75, 3.05) is 20.3 Å². The Morgan fingerprint density at radius 1 is 1.40 bits per heavy atom. The molecule has 0 radical (unpaired) electrons.